The molecule has 3 atom stereocenters. The summed E-state index contributed by atoms with van der Waals surface area (Å²) >= 11 is 6.27. The number of carbonyl (C=O) groups excluding carboxylic acids is 2. The van der Waals surface area contributed by atoms with E-state index < -0.39 is 0 Å². The fraction of sp³-hybridized carbons (Fsp3) is 0.400. The topological polar surface area (TPSA) is 66.6 Å². The number of halogens is 1. The highest BCUT2D eigenvalue weighted by atomic mass is 35.5. The Labute approximate surface area is 156 Å². The Morgan fingerprint density at radius 2 is 1.69 bits per heavy atom. The molecule has 0 radical (unpaired) electrons. The summed E-state index contributed by atoms with van der Waals surface area (Å²) in [6.07, 6.45) is 3.97. The van der Waals surface area contributed by atoms with Crippen LogP contribution in [0, 0.1) is 0 Å². The molecule has 0 saturated carbocycles. The molecule has 3 aliphatic heterocycles. The van der Waals surface area contributed by atoms with Crippen LogP contribution in [-0.2, 0) is 0 Å². The van der Waals surface area contributed by atoms with Crippen LogP contribution in [0.3, 0.4) is 0 Å². The molecule has 6 heteroatoms. The van der Waals surface area contributed by atoms with Gasteiger partial charge in [-0.2, -0.15) is 0 Å². The summed E-state index contributed by atoms with van der Waals surface area (Å²) in [4.78, 5) is 30.4. The van der Waals surface area contributed by atoms with Crippen molar-refractivity contribution in [1.29, 1.82) is 0 Å². The highest BCUT2D eigenvalue weighted by Crippen LogP contribution is 2.41. The molecule has 0 aliphatic carbocycles. The van der Waals surface area contributed by atoms with Crippen LogP contribution in [-0.4, -0.2) is 46.8 Å². The molecule has 134 valence electrons. The van der Waals surface area contributed by atoms with Gasteiger partial charge in [-0.05, 0) is 44.9 Å². The van der Waals surface area contributed by atoms with E-state index in [1.807, 2.05) is 6.07 Å². The summed E-state index contributed by atoms with van der Waals surface area (Å²) in [5.41, 5.74) is 7.54. The summed E-state index contributed by atoms with van der Waals surface area (Å²) in [6.45, 7) is 0. The number of piperidine rings is 1. The number of benzene rings is 2. The Balaban J connectivity index is 1.64. The predicted molar refractivity (Wildman–Crippen MR) is 101 cm³/mol. The molecule has 2 aromatic carbocycles. The van der Waals surface area contributed by atoms with E-state index in [4.69, 9.17) is 17.3 Å². The minimum atomic E-state index is -0.241. The second-order valence-electron chi connectivity index (χ2n) is 7.70. The smallest absolute Gasteiger partial charge is 0.261 e. The highest BCUT2D eigenvalue weighted by molar-refractivity contribution is 6.37. The van der Waals surface area contributed by atoms with E-state index in [9.17, 15) is 9.59 Å². The van der Waals surface area contributed by atoms with Crippen LogP contribution in [0.2, 0.25) is 5.02 Å². The molecular formula is C20H20ClN3O2. The molecule has 26 heavy (non-hydrogen) atoms. The van der Waals surface area contributed by atoms with Gasteiger partial charge in [-0.15, -0.1) is 0 Å². The van der Waals surface area contributed by atoms with E-state index in [1.165, 1.54) is 4.90 Å². The van der Waals surface area contributed by atoms with Gasteiger partial charge in [-0.3, -0.25) is 14.5 Å². The zero-order chi connectivity index (χ0) is 18.2. The van der Waals surface area contributed by atoms with Gasteiger partial charge < -0.3 is 10.6 Å². The summed E-state index contributed by atoms with van der Waals surface area (Å²) in [6, 6.07) is 7.87. The van der Waals surface area contributed by atoms with Crippen molar-refractivity contribution in [1.82, 2.24) is 9.80 Å². The Bertz CT molecular complexity index is 959. The van der Waals surface area contributed by atoms with Crippen LogP contribution in [0.15, 0.2) is 24.3 Å². The molecule has 5 rings (SSSR count). The number of nitrogen functional groups attached to an aromatic ring is 1. The maximum Gasteiger partial charge on any atom is 0.261 e. The van der Waals surface area contributed by atoms with Crippen molar-refractivity contribution < 1.29 is 9.59 Å². The molecule has 2 bridgehead atoms. The van der Waals surface area contributed by atoms with Crippen molar-refractivity contribution in [2.45, 2.75) is 43.8 Å². The van der Waals surface area contributed by atoms with E-state index >= 15 is 0 Å². The second-order valence-corrected chi connectivity index (χ2v) is 8.11. The van der Waals surface area contributed by atoms with Crippen molar-refractivity contribution in [2.75, 3.05) is 12.8 Å². The van der Waals surface area contributed by atoms with Crippen LogP contribution in [0.5, 0.6) is 0 Å². The average Bonchev–Trinajstić information content (AvgIpc) is 2.83. The molecule has 2 aromatic rings. The maximum atomic E-state index is 13.3. The van der Waals surface area contributed by atoms with Gasteiger partial charge >= 0.3 is 0 Å². The first kappa shape index (κ1) is 16.1. The zero-order valence-corrected chi connectivity index (χ0v) is 15.3. The molecule has 5 nitrogen and oxygen atoms in total. The predicted octanol–water partition coefficient (Wildman–Crippen LogP) is 3.30. The Morgan fingerprint density at radius 1 is 1.04 bits per heavy atom. The van der Waals surface area contributed by atoms with E-state index in [0.717, 1.165) is 25.7 Å². The zero-order valence-electron chi connectivity index (χ0n) is 14.5. The molecule has 3 aliphatic rings. The van der Waals surface area contributed by atoms with Crippen molar-refractivity contribution in [3.05, 3.63) is 40.4 Å². The van der Waals surface area contributed by atoms with Crippen LogP contribution in [0.25, 0.3) is 10.8 Å². The number of rotatable bonds is 1. The second kappa shape index (κ2) is 5.44. The number of nitrogens with zero attached hydrogens (tertiary/aromatic N) is 2. The summed E-state index contributed by atoms with van der Waals surface area (Å²) in [5, 5.41) is 1.67. The van der Waals surface area contributed by atoms with Gasteiger partial charge in [-0.1, -0.05) is 23.7 Å². The van der Waals surface area contributed by atoms with Gasteiger partial charge in [0.2, 0.25) is 0 Å². The number of amides is 2. The Hall–Kier alpha value is -2.11. The largest absolute Gasteiger partial charge is 0.397 e. The average molecular weight is 370 g/mol. The molecule has 2 saturated heterocycles. The standard InChI is InChI=1S/C20H20ClN3O2/c1-23-10-5-6-11(23)8-12(7-10)24-19(25)14-4-2-3-13-17(14)15(20(24)26)9-16(21)18(13)22/h2-4,9-12H,5-8,22H2,1H3/t10-,11+,12+. The third kappa shape index (κ3) is 2.01. The van der Waals surface area contributed by atoms with Gasteiger partial charge in [0.1, 0.15) is 0 Å². The molecule has 2 fully saturated rings. The first-order valence-electron chi connectivity index (χ1n) is 9.08. The number of nitrogens with two attached hydrogens (primary N) is 1. The van der Waals surface area contributed by atoms with Crippen LogP contribution in [0.1, 0.15) is 46.4 Å². The first-order chi connectivity index (χ1) is 12.5. The third-order valence-electron chi connectivity index (χ3n) is 6.49. The van der Waals surface area contributed by atoms with E-state index in [-0.39, 0.29) is 17.9 Å². The lowest BCUT2D eigenvalue weighted by Gasteiger charge is -2.42. The third-order valence-corrected chi connectivity index (χ3v) is 6.80. The van der Waals surface area contributed by atoms with Gasteiger partial charge in [0, 0.05) is 34.5 Å². The maximum absolute atomic E-state index is 13.3. The SMILES string of the molecule is CN1[C@@H]2CC[C@H]1C[C@@H](N1C(=O)c3cccc4c(N)c(Cl)cc(c34)C1=O)C2. The van der Waals surface area contributed by atoms with Crippen molar-refractivity contribution in [3.8, 4) is 0 Å². The normalized spacial score (nSPS) is 28.2. The molecule has 0 aromatic heterocycles. The van der Waals surface area contributed by atoms with E-state index in [1.54, 1.807) is 18.2 Å². The molecule has 2 amide bonds. The van der Waals surface area contributed by atoms with Crippen molar-refractivity contribution in [2.24, 2.45) is 0 Å². The Kier molecular flexibility index (Phi) is 3.37. The van der Waals surface area contributed by atoms with Crippen LogP contribution >= 0.6 is 11.6 Å². The number of hydrogen-bond donors (Lipinski definition) is 1. The van der Waals surface area contributed by atoms with Gasteiger partial charge in [0.25, 0.3) is 11.8 Å². The first-order valence-corrected chi connectivity index (χ1v) is 9.45. The lowest BCUT2D eigenvalue weighted by molar-refractivity contribution is 0.0397. The summed E-state index contributed by atoms with van der Waals surface area (Å²) in [7, 11) is 2.15. The van der Waals surface area contributed by atoms with Gasteiger partial charge in [0.15, 0.2) is 0 Å². The molecular weight excluding hydrogens is 350 g/mol. The van der Waals surface area contributed by atoms with Crippen molar-refractivity contribution >= 4 is 39.9 Å². The summed E-state index contributed by atoms with van der Waals surface area (Å²) < 4.78 is 0. The molecule has 0 spiro atoms. The number of anilines is 1. The van der Waals surface area contributed by atoms with Gasteiger partial charge in [-0.25, -0.2) is 0 Å². The minimum absolute atomic E-state index is 0.0524. The highest BCUT2D eigenvalue weighted by Gasteiger charge is 2.45. The summed E-state index contributed by atoms with van der Waals surface area (Å²) in [5.74, 6) is -0.446. The molecule has 0 unspecified atom stereocenters. The lowest BCUT2D eigenvalue weighted by atomic mass is 9.89. The lowest BCUT2D eigenvalue weighted by Crippen LogP contribution is -2.54. The number of fused-ring (bicyclic) bond motifs is 2. The van der Waals surface area contributed by atoms with Crippen LogP contribution < -0.4 is 5.73 Å². The molecule has 2 N–H and O–H groups in total. The van der Waals surface area contributed by atoms with E-state index in [2.05, 4.69) is 11.9 Å². The number of carbonyl (C=O) groups is 2. The van der Waals surface area contributed by atoms with Gasteiger partial charge in [0.05, 0.1) is 16.3 Å². The Morgan fingerprint density at radius 3 is 2.38 bits per heavy atom. The van der Waals surface area contributed by atoms with Crippen molar-refractivity contribution in [3.63, 3.8) is 0 Å². The number of imide groups is 1. The monoisotopic (exact) mass is 369 g/mol. The molecule has 3 heterocycles. The van der Waals surface area contributed by atoms with E-state index in [0.29, 0.717) is 44.7 Å². The quantitative estimate of drug-likeness (QED) is 0.618. The fourth-order valence-electron chi connectivity index (χ4n) is 5.10. The number of hydrogen-bond acceptors (Lipinski definition) is 4. The van der Waals surface area contributed by atoms with Crippen LogP contribution in [0.4, 0.5) is 5.69 Å². The fourth-order valence-corrected chi connectivity index (χ4v) is 5.31. The minimum Gasteiger partial charge on any atom is -0.397 e.